The second kappa shape index (κ2) is 18.5. The van der Waals surface area contributed by atoms with Crippen LogP contribution in [0.2, 0.25) is 0 Å². The molecule has 0 aromatic heterocycles. The van der Waals surface area contributed by atoms with Crippen LogP contribution in [0, 0.1) is 65.3 Å². The Kier molecular flexibility index (Phi) is 18.2. The molecule has 1 fully saturated rings. The summed E-state index contributed by atoms with van der Waals surface area (Å²) in [6, 6.07) is 9.16. The molecule has 0 amide bonds. The Labute approximate surface area is 314 Å². The standard InChI is InChI=1S/C29H37.C5H5.2C4H9.2ClH.Si.Zr/c1-18-25-22-17-19-13-9-10-14-20(19)24(22)21-15-11-12-16-23(21)29(25,8)28(6,7)27(4,5)26(18,2)3;1-2-4-5-3-1;2*1-4(2)3;;;;/h9-11,13-15,23H,12,16-17H2,1-8H3;1-3H,4H2;2*4H,1H2,2-3H3;2*1H;;/q4*-1;;;;. The van der Waals surface area contributed by atoms with E-state index in [1.807, 2.05) is 12.2 Å². The van der Waals surface area contributed by atoms with Gasteiger partial charge in [0.15, 0.2) is 0 Å². The number of fused-ring (bicyclic) bond motifs is 6. The molecule has 5 aliphatic rings. The van der Waals surface area contributed by atoms with Gasteiger partial charge >= 0.3 is 30.2 Å². The summed E-state index contributed by atoms with van der Waals surface area (Å²) in [5, 5.41) is 0. The van der Waals surface area contributed by atoms with E-state index >= 15 is 0 Å². The van der Waals surface area contributed by atoms with Crippen molar-refractivity contribution in [1.82, 2.24) is 0 Å². The van der Waals surface area contributed by atoms with Crippen molar-refractivity contribution in [2.45, 2.75) is 109 Å². The fourth-order valence-electron chi connectivity index (χ4n) is 7.91. The van der Waals surface area contributed by atoms with Crippen molar-refractivity contribution >= 4 is 37.3 Å². The molecule has 0 aliphatic heterocycles. The molecule has 2 radical (unpaired) electrons. The van der Waals surface area contributed by atoms with Gasteiger partial charge in [-0.2, -0.15) is 29.1 Å². The zero-order chi connectivity index (χ0) is 33.7. The van der Waals surface area contributed by atoms with Crippen molar-refractivity contribution in [2.24, 2.45) is 39.4 Å². The van der Waals surface area contributed by atoms with E-state index in [0.717, 1.165) is 12.8 Å². The molecule has 0 spiro atoms. The maximum atomic E-state index is 3.64. The monoisotopic (exact) mass is 754 g/mol. The molecule has 46 heavy (non-hydrogen) atoms. The SMILES string of the molecule is C[C-]1C2=C3Cc4ccccc4C3=C3C=CCCC3C2(C)C(C)(C)C(C)(C)C1(C)C.Cl.Cl.[C-]1=CC=CC1.[CH2-]C(C)C.[CH2-]C(C)C.[Si]=[Zr]. The van der Waals surface area contributed by atoms with E-state index in [4.69, 9.17) is 0 Å². The molecule has 1 saturated carbocycles. The van der Waals surface area contributed by atoms with Gasteiger partial charge in [0.25, 0.3) is 0 Å². The number of allylic oxidation sites excluding steroid dienone is 10. The first-order valence-corrected chi connectivity index (χ1v) is 20.8. The molecular formula is C42H62Cl2SiZr-4. The second-order valence-corrected chi connectivity index (χ2v) is 15.5. The third-order valence-corrected chi connectivity index (χ3v) is 11.4. The van der Waals surface area contributed by atoms with Crippen LogP contribution in [0.15, 0.2) is 71.4 Å². The van der Waals surface area contributed by atoms with Crippen LogP contribution in [0.5, 0.6) is 0 Å². The molecule has 0 bridgehead atoms. The van der Waals surface area contributed by atoms with E-state index in [1.165, 1.54) is 47.3 Å². The summed E-state index contributed by atoms with van der Waals surface area (Å²) in [5.41, 5.74) is 10.3. The minimum absolute atomic E-state index is 0. The van der Waals surface area contributed by atoms with Crippen molar-refractivity contribution in [3.05, 3.63) is 108 Å². The van der Waals surface area contributed by atoms with Crippen LogP contribution in [-0.4, -0.2) is 6.88 Å². The van der Waals surface area contributed by atoms with Gasteiger partial charge in [-0.25, -0.2) is 18.1 Å². The molecule has 1 aromatic rings. The molecule has 0 N–H and O–H groups in total. The molecule has 0 nitrogen and oxygen atoms in total. The third kappa shape index (κ3) is 8.60. The normalized spacial score (nSPS) is 24.5. The first-order chi connectivity index (χ1) is 20.4. The average Bonchev–Trinajstić information content (AvgIpc) is 3.65. The van der Waals surface area contributed by atoms with Gasteiger partial charge in [-0.15, -0.1) is 38.2 Å². The fourth-order valence-corrected chi connectivity index (χ4v) is 7.91. The van der Waals surface area contributed by atoms with Crippen molar-refractivity contribution in [3.63, 3.8) is 0 Å². The van der Waals surface area contributed by atoms with E-state index < -0.39 is 0 Å². The summed E-state index contributed by atoms with van der Waals surface area (Å²) in [6.07, 6.45) is 18.5. The third-order valence-electron chi connectivity index (χ3n) is 11.4. The molecule has 1 aromatic carbocycles. The summed E-state index contributed by atoms with van der Waals surface area (Å²) >= 11 is 1.36. The van der Waals surface area contributed by atoms with E-state index in [0.29, 0.717) is 17.8 Å². The second-order valence-electron chi connectivity index (χ2n) is 15.5. The summed E-state index contributed by atoms with van der Waals surface area (Å²) < 4.78 is 0. The van der Waals surface area contributed by atoms with Crippen LogP contribution >= 0.6 is 24.8 Å². The van der Waals surface area contributed by atoms with E-state index in [2.05, 4.69) is 152 Å². The van der Waals surface area contributed by atoms with Gasteiger partial charge in [-0.1, -0.05) is 141 Å². The Bertz CT molecular complexity index is 1270. The Balaban J connectivity index is 0.00000100. The summed E-state index contributed by atoms with van der Waals surface area (Å²) in [7, 11) is 0. The van der Waals surface area contributed by atoms with Gasteiger partial charge < -0.3 is 13.8 Å². The number of hydrogen-bond acceptors (Lipinski definition) is 0. The fraction of sp³-hybridized carbons (Fsp3) is 0.548. The average molecular weight is 757 g/mol. The molecule has 0 heterocycles. The Hall–Kier alpha value is -0.530. The predicted octanol–water partition coefficient (Wildman–Crippen LogP) is 12.7. The summed E-state index contributed by atoms with van der Waals surface area (Å²) in [6.45, 7) is 38.9. The molecule has 256 valence electrons. The minimum atomic E-state index is 0. The van der Waals surface area contributed by atoms with Gasteiger partial charge in [0, 0.05) is 0 Å². The molecule has 5 aliphatic carbocycles. The summed E-state index contributed by atoms with van der Waals surface area (Å²) in [4.78, 5) is 0. The van der Waals surface area contributed by atoms with Gasteiger partial charge in [-0.05, 0) is 40.6 Å². The summed E-state index contributed by atoms with van der Waals surface area (Å²) in [5.74, 6) is 3.41. The molecule has 2 atom stereocenters. The van der Waals surface area contributed by atoms with Crippen LogP contribution in [0.4, 0.5) is 0 Å². The quantitative estimate of drug-likeness (QED) is 0.183. The van der Waals surface area contributed by atoms with E-state index in [9.17, 15) is 0 Å². The van der Waals surface area contributed by atoms with Crippen LogP contribution in [-0.2, 0) is 29.8 Å². The number of rotatable bonds is 0. The van der Waals surface area contributed by atoms with Crippen molar-refractivity contribution in [3.8, 4) is 0 Å². The van der Waals surface area contributed by atoms with Crippen molar-refractivity contribution in [1.29, 1.82) is 0 Å². The molecule has 0 saturated heterocycles. The van der Waals surface area contributed by atoms with Crippen LogP contribution < -0.4 is 0 Å². The number of hydrogen-bond donors (Lipinski definition) is 0. The first-order valence-electron chi connectivity index (χ1n) is 16.6. The van der Waals surface area contributed by atoms with Crippen molar-refractivity contribution in [2.75, 3.05) is 0 Å². The van der Waals surface area contributed by atoms with Gasteiger partial charge in [-0.3, -0.25) is 6.08 Å². The van der Waals surface area contributed by atoms with Gasteiger partial charge in [0.2, 0.25) is 0 Å². The first kappa shape index (κ1) is 45.5. The van der Waals surface area contributed by atoms with Crippen molar-refractivity contribution < 1.29 is 23.3 Å². The van der Waals surface area contributed by atoms with Gasteiger partial charge in [0.1, 0.15) is 0 Å². The number of halogens is 2. The Morgan fingerprint density at radius 3 is 1.91 bits per heavy atom. The maximum absolute atomic E-state index is 3.64. The molecule has 4 heteroatoms. The van der Waals surface area contributed by atoms with Crippen LogP contribution in [0.25, 0.3) is 5.57 Å². The van der Waals surface area contributed by atoms with Crippen LogP contribution in [0.3, 0.4) is 0 Å². The van der Waals surface area contributed by atoms with Gasteiger partial charge in [0.05, 0.1) is 0 Å². The van der Waals surface area contributed by atoms with E-state index in [-0.39, 0.29) is 46.5 Å². The van der Waals surface area contributed by atoms with Crippen LogP contribution in [0.1, 0.15) is 113 Å². The molecule has 2 unspecified atom stereocenters. The number of benzene rings is 1. The van der Waals surface area contributed by atoms with E-state index in [1.54, 1.807) is 28.2 Å². The zero-order valence-electron chi connectivity index (χ0n) is 31.0. The molecular weight excluding hydrogens is 695 g/mol. The Morgan fingerprint density at radius 2 is 1.43 bits per heavy atom. The topological polar surface area (TPSA) is 0 Å². The predicted molar refractivity (Wildman–Crippen MR) is 207 cm³/mol. The Morgan fingerprint density at radius 1 is 0.891 bits per heavy atom. The molecule has 6 rings (SSSR count). The zero-order valence-corrected chi connectivity index (χ0v) is 36.1.